The first kappa shape index (κ1) is 6.43. The summed E-state index contributed by atoms with van der Waals surface area (Å²) in [7, 11) is 0.679. The lowest BCUT2D eigenvalue weighted by Gasteiger charge is -1.94. The zero-order valence-corrected chi connectivity index (χ0v) is 6.52. The normalized spacial score (nSPS) is 9.00. The van der Waals surface area contributed by atoms with Gasteiger partial charge in [-0.05, 0) is 17.7 Å². The molecule has 1 rings (SSSR count). The van der Waals surface area contributed by atoms with Gasteiger partial charge >= 0.3 is 0 Å². The average Bonchev–Trinajstić information content (AvgIpc) is 1.89. The zero-order chi connectivity index (χ0) is 6.69. The summed E-state index contributed by atoms with van der Waals surface area (Å²) in [5.74, 6) is 0. The molecule has 0 atom stereocenters. The van der Waals surface area contributed by atoms with Crippen molar-refractivity contribution in [3.8, 4) is 0 Å². The van der Waals surface area contributed by atoms with Gasteiger partial charge in [0.1, 0.15) is 0 Å². The summed E-state index contributed by atoms with van der Waals surface area (Å²) in [6.45, 7) is 2.12. The van der Waals surface area contributed by atoms with E-state index in [2.05, 4.69) is 37.4 Å². The maximum Gasteiger partial charge on any atom is 0.0521 e. The Morgan fingerprint density at radius 3 is 2.44 bits per heavy atom. The Kier molecular flexibility index (Phi) is 1.95. The summed E-state index contributed by atoms with van der Waals surface area (Å²) in [6.07, 6.45) is 3.84. The highest BCUT2D eigenvalue weighted by Gasteiger charge is 1.87. The molecule has 0 amide bonds. The molecule has 0 saturated carbocycles. The molecule has 0 saturated heterocycles. The third kappa shape index (κ3) is 1.36. The molecule has 0 aromatic heterocycles. The van der Waals surface area contributed by atoms with Crippen LogP contribution in [0.15, 0.2) is 24.3 Å². The number of benzene rings is 1. The number of aryl methyl sites for hydroxylation is 1. The first-order chi connectivity index (χ1) is 4.34. The van der Waals surface area contributed by atoms with Gasteiger partial charge in [0, 0.05) is 0 Å². The van der Waals surface area contributed by atoms with Crippen molar-refractivity contribution in [2.24, 2.45) is 0 Å². The molecule has 0 aliphatic carbocycles. The van der Waals surface area contributed by atoms with E-state index in [4.69, 9.17) is 0 Å². The van der Waals surface area contributed by atoms with E-state index >= 15 is 0 Å². The van der Waals surface area contributed by atoms with E-state index in [0.717, 1.165) is 0 Å². The van der Waals surface area contributed by atoms with Crippen LogP contribution in [0.5, 0.6) is 0 Å². The molecule has 1 heteroatoms. The third-order valence-corrected chi connectivity index (χ3v) is 2.28. The van der Waals surface area contributed by atoms with Crippen molar-refractivity contribution >= 4 is 20.5 Å². The average molecular weight is 133 g/mol. The summed E-state index contributed by atoms with van der Waals surface area (Å²) >= 11 is 0. The van der Waals surface area contributed by atoms with Crippen LogP contribution in [0.2, 0.25) is 0 Å². The molecule has 0 unspecified atom stereocenters. The van der Waals surface area contributed by atoms with E-state index in [9.17, 15) is 0 Å². The first-order valence-corrected chi connectivity index (χ1v) is 4.14. The predicted molar refractivity (Wildman–Crippen MR) is 43.7 cm³/mol. The highest BCUT2D eigenvalue weighted by molar-refractivity contribution is 6.57. The number of rotatable bonds is 1. The molecule has 45 valence electrons. The molecule has 0 nitrogen and oxygen atoms in total. The van der Waals surface area contributed by atoms with Crippen LogP contribution in [0.25, 0.3) is 0 Å². The molecule has 0 aliphatic heterocycles. The van der Waals surface area contributed by atoms with E-state index in [1.807, 2.05) is 0 Å². The lowest BCUT2D eigenvalue weighted by atomic mass is 10.2. The standard InChI is InChI=1S/C8H9Si/c1-7-5-3-4-6-8(7)9-2/h3-6H,2H2,1H3. The van der Waals surface area contributed by atoms with Crippen molar-refractivity contribution in [3.63, 3.8) is 0 Å². The second kappa shape index (κ2) is 2.74. The van der Waals surface area contributed by atoms with Gasteiger partial charge in [-0.15, -0.1) is 6.17 Å². The molecule has 1 aromatic rings. The third-order valence-electron chi connectivity index (χ3n) is 1.34. The number of hydrogen-bond acceptors (Lipinski definition) is 0. The van der Waals surface area contributed by atoms with Gasteiger partial charge in [-0.3, -0.25) is 0 Å². The molecule has 1 radical (unpaired) electrons. The van der Waals surface area contributed by atoms with Gasteiger partial charge in [0.2, 0.25) is 0 Å². The molecule has 1 aromatic carbocycles. The highest BCUT2D eigenvalue weighted by Crippen LogP contribution is 1.89. The van der Waals surface area contributed by atoms with Gasteiger partial charge in [0.25, 0.3) is 0 Å². The van der Waals surface area contributed by atoms with Crippen molar-refractivity contribution in [3.05, 3.63) is 29.8 Å². The molecule has 0 bridgehead atoms. The Morgan fingerprint density at radius 1 is 1.33 bits per heavy atom. The molecular weight excluding hydrogens is 124 g/mol. The lowest BCUT2D eigenvalue weighted by Crippen LogP contribution is -2.09. The van der Waals surface area contributed by atoms with Gasteiger partial charge in [-0.25, -0.2) is 0 Å². The molecule has 0 aliphatic rings. The molecule has 0 spiro atoms. The molecular formula is C8H9Si. The SMILES string of the molecule is C=[Si]c1ccccc1C. The van der Waals surface area contributed by atoms with E-state index in [0.29, 0.717) is 9.13 Å². The number of hydrogen-bond donors (Lipinski definition) is 0. The fourth-order valence-corrected chi connectivity index (χ4v) is 1.35. The van der Waals surface area contributed by atoms with Crippen LogP contribution < -0.4 is 5.19 Å². The summed E-state index contributed by atoms with van der Waals surface area (Å²) in [4.78, 5) is 0. The minimum Gasteiger partial charge on any atom is -0.113 e. The van der Waals surface area contributed by atoms with Crippen LogP contribution in [0.4, 0.5) is 0 Å². The predicted octanol–water partition coefficient (Wildman–Crippen LogP) is 0.757. The van der Waals surface area contributed by atoms with Crippen LogP contribution in [0.1, 0.15) is 5.56 Å². The second-order valence-corrected chi connectivity index (χ2v) is 2.88. The fourth-order valence-electron chi connectivity index (χ4n) is 0.771. The first-order valence-electron chi connectivity index (χ1n) is 2.93. The summed E-state index contributed by atoms with van der Waals surface area (Å²) in [5.41, 5.74) is 1.35. The van der Waals surface area contributed by atoms with Crippen molar-refractivity contribution in [2.75, 3.05) is 0 Å². The highest BCUT2D eigenvalue weighted by atomic mass is 28.2. The fraction of sp³-hybridized carbons (Fsp3) is 0.125. The molecule has 0 heterocycles. The Morgan fingerprint density at radius 2 is 2.00 bits per heavy atom. The minimum absolute atomic E-state index is 0.679. The Hall–Kier alpha value is -0.693. The van der Waals surface area contributed by atoms with Crippen molar-refractivity contribution in [1.82, 2.24) is 0 Å². The maximum atomic E-state index is 3.84. The molecule has 0 N–H and O–H groups in total. The zero-order valence-electron chi connectivity index (χ0n) is 5.52. The summed E-state index contributed by atoms with van der Waals surface area (Å²) < 4.78 is 0. The van der Waals surface area contributed by atoms with E-state index < -0.39 is 0 Å². The second-order valence-electron chi connectivity index (χ2n) is 1.99. The van der Waals surface area contributed by atoms with Crippen LogP contribution in [0, 0.1) is 6.92 Å². The van der Waals surface area contributed by atoms with Crippen LogP contribution in [0.3, 0.4) is 0 Å². The Balaban J connectivity index is 3.15. The molecule has 0 fully saturated rings. The monoisotopic (exact) mass is 133 g/mol. The van der Waals surface area contributed by atoms with Gasteiger partial charge in [0.05, 0.1) is 9.13 Å². The van der Waals surface area contributed by atoms with Crippen LogP contribution >= 0.6 is 0 Å². The largest absolute Gasteiger partial charge is 0.113 e. The Bertz CT molecular complexity index is 216. The van der Waals surface area contributed by atoms with Crippen molar-refractivity contribution < 1.29 is 0 Å². The smallest absolute Gasteiger partial charge is 0.0521 e. The van der Waals surface area contributed by atoms with E-state index in [1.165, 1.54) is 10.8 Å². The van der Waals surface area contributed by atoms with E-state index in [1.54, 1.807) is 0 Å². The lowest BCUT2D eigenvalue weighted by molar-refractivity contribution is 1.52. The topological polar surface area (TPSA) is 0 Å². The van der Waals surface area contributed by atoms with Crippen LogP contribution in [-0.2, 0) is 0 Å². The Labute approximate surface area is 58.0 Å². The van der Waals surface area contributed by atoms with Gasteiger partial charge in [-0.2, -0.15) is 0 Å². The molecule has 9 heavy (non-hydrogen) atoms. The van der Waals surface area contributed by atoms with Crippen molar-refractivity contribution in [2.45, 2.75) is 6.92 Å². The summed E-state index contributed by atoms with van der Waals surface area (Å²) in [6, 6.07) is 8.35. The van der Waals surface area contributed by atoms with E-state index in [-0.39, 0.29) is 0 Å². The van der Waals surface area contributed by atoms with Crippen molar-refractivity contribution in [1.29, 1.82) is 0 Å². The minimum atomic E-state index is 0.679. The quantitative estimate of drug-likeness (QED) is 0.496. The van der Waals surface area contributed by atoms with Gasteiger partial charge < -0.3 is 0 Å². The summed E-state index contributed by atoms with van der Waals surface area (Å²) in [5, 5.41) is 1.37. The van der Waals surface area contributed by atoms with Crippen LogP contribution in [-0.4, -0.2) is 15.3 Å². The van der Waals surface area contributed by atoms with Gasteiger partial charge in [0.15, 0.2) is 0 Å². The maximum absolute atomic E-state index is 3.84. The van der Waals surface area contributed by atoms with Gasteiger partial charge in [-0.1, -0.05) is 24.3 Å².